The summed E-state index contributed by atoms with van der Waals surface area (Å²) in [4.78, 5) is 0. The number of hydrogen-bond donors (Lipinski definition) is 2. The Labute approximate surface area is 187 Å². The molecule has 7 heteroatoms. The topological polar surface area (TPSA) is 83.8 Å². The lowest BCUT2D eigenvalue weighted by atomic mass is 9.73. The average molecular weight is 446 g/mol. The zero-order valence-electron chi connectivity index (χ0n) is 19.3. The van der Waals surface area contributed by atoms with Crippen LogP contribution in [0.1, 0.15) is 63.1 Å². The van der Waals surface area contributed by atoms with Crippen LogP contribution in [0.4, 0.5) is 0 Å². The molecule has 31 heavy (non-hydrogen) atoms. The van der Waals surface area contributed by atoms with Gasteiger partial charge < -0.3 is 14.8 Å². The zero-order valence-corrected chi connectivity index (χ0v) is 20.1. The second-order valence-corrected chi connectivity index (χ2v) is 11.5. The Bertz CT molecular complexity index is 970. The molecule has 2 N–H and O–H groups in total. The van der Waals surface area contributed by atoms with Crippen molar-refractivity contribution in [1.82, 2.24) is 0 Å². The molecule has 2 atom stereocenters. The highest BCUT2D eigenvalue weighted by Gasteiger charge is 2.48. The molecule has 0 aromatic heterocycles. The molecular weight excluding hydrogens is 411 g/mol. The SMILES string of the molecule is CCC/C(=C\c1cc(C)c(O)c(C)c1)CC[C@H]1OB(O)C[C@H]2C1=C(C(C)C)CS2(=O)=O. The fraction of sp³-hybridized carbons (Fsp3) is 0.583. The molecule has 1 aromatic carbocycles. The second kappa shape index (κ2) is 9.51. The lowest BCUT2D eigenvalue weighted by Crippen LogP contribution is -2.42. The second-order valence-electron chi connectivity index (χ2n) is 9.34. The first kappa shape index (κ1) is 24.1. The van der Waals surface area contributed by atoms with E-state index in [-0.39, 0.29) is 24.1 Å². The van der Waals surface area contributed by atoms with Gasteiger partial charge in [-0.05, 0) is 79.0 Å². The van der Waals surface area contributed by atoms with E-state index in [0.717, 1.165) is 47.1 Å². The summed E-state index contributed by atoms with van der Waals surface area (Å²) in [5.41, 5.74) is 5.89. The number of rotatable bonds is 7. The van der Waals surface area contributed by atoms with Gasteiger partial charge in [0.25, 0.3) is 0 Å². The third-order valence-corrected chi connectivity index (χ3v) is 8.50. The van der Waals surface area contributed by atoms with Crippen LogP contribution in [0.15, 0.2) is 28.9 Å². The summed E-state index contributed by atoms with van der Waals surface area (Å²) in [5.74, 6) is 0.561. The molecule has 0 bridgehead atoms. The predicted octanol–water partition coefficient (Wildman–Crippen LogP) is 4.60. The average Bonchev–Trinajstić information content (AvgIpc) is 2.95. The lowest BCUT2D eigenvalue weighted by Gasteiger charge is -2.32. The standard InChI is InChI=1S/C24H35BO5S/c1-6-7-18(12-19-10-16(4)24(26)17(5)11-19)8-9-21-23-20(15(2)3)14-31(28,29)22(23)13-25(27)30-21/h10-12,15,21-22,26-27H,6-9,13-14H2,1-5H3/b18-12+/t21-,22+/m1/s1. The predicted molar refractivity (Wildman–Crippen MR) is 127 cm³/mol. The summed E-state index contributed by atoms with van der Waals surface area (Å²) in [5, 5.41) is 19.7. The number of phenolic OH excluding ortho intramolecular Hbond substituents is 1. The number of fused-ring (bicyclic) bond motifs is 1. The summed E-state index contributed by atoms with van der Waals surface area (Å²) < 4.78 is 31.3. The van der Waals surface area contributed by atoms with E-state index in [0.29, 0.717) is 12.2 Å². The van der Waals surface area contributed by atoms with Crippen molar-refractivity contribution >= 4 is 23.0 Å². The van der Waals surface area contributed by atoms with Crippen LogP contribution in [0.3, 0.4) is 0 Å². The van der Waals surface area contributed by atoms with Crippen molar-refractivity contribution in [3.05, 3.63) is 45.5 Å². The zero-order chi connectivity index (χ0) is 22.9. The van der Waals surface area contributed by atoms with Crippen molar-refractivity contribution in [2.75, 3.05) is 5.75 Å². The van der Waals surface area contributed by atoms with Crippen molar-refractivity contribution in [3.8, 4) is 5.75 Å². The maximum absolute atomic E-state index is 12.7. The van der Waals surface area contributed by atoms with Gasteiger partial charge in [-0.25, -0.2) is 8.42 Å². The molecule has 1 aromatic rings. The van der Waals surface area contributed by atoms with Crippen molar-refractivity contribution in [1.29, 1.82) is 0 Å². The first-order chi connectivity index (χ1) is 14.5. The monoisotopic (exact) mass is 446 g/mol. The van der Waals surface area contributed by atoms with Crippen LogP contribution in [0, 0.1) is 19.8 Å². The Balaban J connectivity index is 1.86. The van der Waals surface area contributed by atoms with Crippen LogP contribution in [0.5, 0.6) is 5.75 Å². The van der Waals surface area contributed by atoms with Gasteiger partial charge in [-0.1, -0.05) is 38.8 Å². The molecule has 170 valence electrons. The first-order valence-electron chi connectivity index (χ1n) is 11.3. The normalized spacial score (nSPS) is 23.6. The molecule has 0 spiro atoms. The molecule has 5 nitrogen and oxygen atoms in total. The molecule has 0 amide bonds. The summed E-state index contributed by atoms with van der Waals surface area (Å²) in [6, 6.07) is 3.97. The quantitative estimate of drug-likeness (QED) is 0.472. The van der Waals surface area contributed by atoms with E-state index in [9.17, 15) is 18.5 Å². The van der Waals surface area contributed by atoms with Crippen LogP contribution in [-0.4, -0.2) is 42.8 Å². The van der Waals surface area contributed by atoms with Crippen molar-refractivity contribution in [2.24, 2.45) is 5.92 Å². The minimum Gasteiger partial charge on any atom is -0.507 e. The summed E-state index contributed by atoms with van der Waals surface area (Å²) in [7, 11) is -4.31. The van der Waals surface area contributed by atoms with Gasteiger partial charge in [-0.3, -0.25) is 0 Å². The van der Waals surface area contributed by atoms with Crippen molar-refractivity contribution in [2.45, 2.75) is 78.0 Å². The third-order valence-electron chi connectivity index (χ3n) is 6.47. The van der Waals surface area contributed by atoms with Gasteiger partial charge in [0, 0.05) is 6.32 Å². The smallest absolute Gasteiger partial charge is 0.456 e. The molecule has 0 unspecified atom stereocenters. The molecule has 1 saturated heterocycles. The van der Waals surface area contributed by atoms with Gasteiger partial charge >= 0.3 is 7.12 Å². The Hall–Kier alpha value is -1.57. The van der Waals surface area contributed by atoms with Crippen LogP contribution in [0.25, 0.3) is 6.08 Å². The van der Waals surface area contributed by atoms with Crippen LogP contribution in [0.2, 0.25) is 6.32 Å². The van der Waals surface area contributed by atoms with Crippen molar-refractivity contribution < 1.29 is 23.2 Å². The van der Waals surface area contributed by atoms with Gasteiger partial charge in [0.05, 0.1) is 17.1 Å². The van der Waals surface area contributed by atoms with Gasteiger partial charge in [-0.2, -0.15) is 0 Å². The van der Waals surface area contributed by atoms with E-state index in [2.05, 4.69) is 13.0 Å². The number of hydrogen-bond acceptors (Lipinski definition) is 5. The molecule has 0 saturated carbocycles. The van der Waals surface area contributed by atoms with Gasteiger partial charge in [0.2, 0.25) is 0 Å². The highest BCUT2D eigenvalue weighted by Crippen LogP contribution is 2.42. The molecule has 3 rings (SSSR count). The summed E-state index contributed by atoms with van der Waals surface area (Å²) >= 11 is 0. The largest absolute Gasteiger partial charge is 0.507 e. The minimum atomic E-state index is -3.27. The Morgan fingerprint density at radius 3 is 2.48 bits per heavy atom. The molecular formula is C24H35BO5S. The fourth-order valence-electron chi connectivity index (χ4n) is 4.93. The van der Waals surface area contributed by atoms with E-state index in [1.807, 2.05) is 39.8 Å². The maximum atomic E-state index is 12.7. The summed E-state index contributed by atoms with van der Waals surface area (Å²) in [6.07, 6.45) is 5.30. The molecule has 2 aliphatic rings. The number of benzene rings is 1. The number of allylic oxidation sites excluding steroid dienone is 1. The Morgan fingerprint density at radius 1 is 1.26 bits per heavy atom. The molecule has 2 heterocycles. The molecule has 1 fully saturated rings. The molecule has 0 radical (unpaired) electrons. The lowest BCUT2D eigenvalue weighted by molar-refractivity contribution is 0.169. The van der Waals surface area contributed by atoms with E-state index >= 15 is 0 Å². The Morgan fingerprint density at radius 2 is 1.90 bits per heavy atom. The minimum absolute atomic E-state index is 0.0843. The number of phenols is 1. The summed E-state index contributed by atoms with van der Waals surface area (Å²) in [6.45, 7) is 10.00. The fourth-order valence-corrected chi connectivity index (χ4v) is 7.21. The van der Waals surface area contributed by atoms with E-state index in [1.54, 1.807) is 0 Å². The van der Waals surface area contributed by atoms with Crippen LogP contribution in [-0.2, 0) is 14.5 Å². The highest BCUT2D eigenvalue weighted by atomic mass is 32.2. The Kier molecular flexibility index (Phi) is 7.39. The van der Waals surface area contributed by atoms with Gasteiger partial charge in [0.15, 0.2) is 9.84 Å². The van der Waals surface area contributed by atoms with Gasteiger partial charge in [-0.15, -0.1) is 0 Å². The van der Waals surface area contributed by atoms with E-state index in [1.165, 1.54) is 5.57 Å². The van der Waals surface area contributed by atoms with Crippen molar-refractivity contribution in [3.63, 3.8) is 0 Å². The highest BCUT2D eigenvalue weighted by molar-refractivity contribution is 7.92. The molecule has 2 aliphatic heterocycles. The maximum Gasteiger partial charge on any atom is 0.456 e. The van der Waals surface area contributed by atoms with E-state index < -0.39 is 22.2 Å². The first-order valence-corrected chi connectivity index (χ1v) is 13.0. The van der Waals surface area contributed by atoms with Crippen LogP contribution >= 0.6 is 0 Å². The number of aryl methyl sites for hydroxylation is 2. The third kappa shape index (κ3) is 5.26. The van der Waals surface area contributed by atoms with Gasteiger partial charge in [0.1, 0.15) is 5.75 Å². The number of sulfone groups is 1. The van der Waals surface area contributed by atoms with E-state index in [4.69, 9.17) is 4.65 Å². The molecule has 0 aliphatic carbocycles. The number of aromatic hydroxyl groups is 1. The van der Waals surface area contributed by atoms with Crippen LogP contribution < -0.4 is 0 Å².